The molecular weight excluding hydrogens is 264 g/mol. The third kappa shape index (κ3) is 7.86. The lowest BCUT2D eigenvalue weighted by atomic mass is 10.1. The van der Waals surface area contributed by atoms with Crippen molar-refractivity contribution in [1.82, 2.24) is 0 Å². The molecule has 0 aliphatic heterocycles. The maximum absolute atomic E-state index is 11.8. The summed E-state index contributed by atoms with van der Waals surface area (Å²) in [4.78, 5) is 21.5. The van der Waals surface area contributed by atoms with Crippen LogP contribution in [-0.4, -0.2) is 12.6 Å². The van der Waals surface area contributed by atoms with Gasteiger partial charge in [-0.2, -0.15) is 4.89 Å². The van der Waals surface area contributed by atoms with Crippen LogP contribution in [0, 0.1) is 0 Å². The molecule has 0 saturated carbocycles. The summed E-state index contributed by atoms with van der Waals surface area (Å²) >= 11 is 0. The molecule has 0 aromatic heterocycles. The Morgan fingerprint density at radius 1 is 0.905 bits per heavy atom. The van der Waals surface area contributed by atoms with E-state index < -0.39 is 5.97 Å². The fourth-order valence-corrected chi connectivity index (χ4v) is 2.12. The molecule has 3 heteroatoms. The Hall–Kier alpha value is -1.35. The van der Waals surface area contributed by atoms with Crippen LogP contribution in [0.25, 0.3) is 0 Å². The summed E-state index contributed by atoms with van der Waals surface area (Å²) < 4.78 is 0. The predicted molar refractivity (Wildman–Crippen MR) is 85.2 cm³/mol. The van der Waals surface area contributed by atoms with Gasteiger partial charge in [-0.05, 0) is 37.0 Å². The largest absolute Gasteiger partial charge is 0.373 e. The predicted octanol–water partition coefficient (Wildman–Crippen LogP) is 5.09. The molecule has 0 aliphatic carbocycles. The van der Waals surface area contributed by atoms with E-state index in [2.05, 4.69) is 13.8 Å². The quantitative estimate of drug-likeness (QED) is 0.324. The molecule has 118 valence electrons. The summed E-state index contributed by atoms with van der Waals surface area (Å²) in [5, 5.41) is 0. The van der Waals surface area contributed by atoms with Gasteiger partial charge in [0.15, 0.2) is 0 Å². The second kappa shape index (κ2) is 11.3. The van der Waals surface area contributed by atoms with Crippen molar-refractivity contribution in [3.05, 3.63) is 35.4 Å². The molecule has 0 radical (unpaired) electrons. The highest BCUT2D eigenvalue weighted by Crippen LogP contribution is 2.10. The van der Waals surface area contributed by atoms with E-state index in [9.17, 15) is 4.79 Å². The van der Waals surface area contributed by atoms with Crippen molar-refractivity contribution in [3.8, 4) is 0 Å². The molecule has 0 N–H and O–H groups in total. The van der Waals surface area contributed by atoms with E-state index in [1.807, 2.05) is 24.3 Å². The van der Waals surface area contributed by atoms with E-state index in [1.165, 1.54) is 37.7 Å². The van der Waals surface area contributed by atoms with E-state index >= 15 is 0 Å². The number of rotatable bonds is 11. The van der Waals surface area contributed by atoms with Crippen LogP contribution >= 0.6 is 0 Å². The maximum Gasteiger partial charge on any atom is 0.373 e. The number of carbonyl (C=O) groups is 1. The van der Waals surface area contributed by atoms with E-state index in [0.29, 0.717) is 12.2 Å². The van der Waals surface area contributed by atoms with Crippen molar-refractivity contribution in [3.63, 3.8) is 0 Å². The van der Waals surface area contributed by atoms with Crippen molar-refractivity contribution in [2.45, 2.75) is 65.2 Å². The minimum Gasteiger partial charge on any atom is -0.293 e. The molecule has 0 spiro atoms. The third-order valence-electron chi connectivity index (χ3n) is 3.47. The van der Waals surface area contributed by atoms with Gasteiger partial charge in [0.1, 0.15) is 0 Å². The Bertz CT molecular complexity index is 384. The molecule has 0 amide bonds. The van der Waals surface area contributed by atoms with Crippen LogP contribution in [0.2, 0.25) is 0 Å². The van der Waals surface area contributed by atoms with Gasteiger partial charge in [-0.1, -0.05) is 58.1 Å². The summed E-state index contributed by atoms with van der Waals surface area (Å²) in [5.41, 5.74) is 1.81. The zero-order valence-electron chi connectivity index (χ0n) is 13.4. The zero-order chi connectivity index (χ0) is 15.3. The van der Waals surface area contributed by atoms with Crippen LogP contribution in [-0.2, 0) is 16.2 Å². The number of benzene rings is 1. The maximum atomic E-state index is 11.8. The summed E-state index contributed by atoms with van der Waals surface area (Å²) in [6.07, 6.45) is 9.15. The van der Waals surface area contributed by atoms with Gasteiger partial charge >= 0.3 is 5.97 Å². The Balaban J connectivity index is 2.24. The van der Waals surface area contributed by atoms with E-state index in [4.69, 9.17) is 9.78 Å². The number of hydrogen-bond donors (Lipinski definition) is 0. The highest BCUT2D eigenvalue weighted by Gasteiger charge is 2.08. The smallest absolute Gasteiger partial charge is 0.293 e. The van der Waals surface area contributed by atoms with Crippen LogP contribution < -0.4 is 0 Å². The lowest BCUT2D eigenvalue weighted by Gasteiger charge is -2.05. The molecule has 0 fully saturated rings. The van der Waals surface area contributed by atoms with Crippen molar-refractivity contribution >= 4 is 5.97 Å². The number of carbonyl (C=O) groups excluding carboxylic acids is 1. The lowest BCUT2D eigenvalue weighted by molar-refractivity contribution is -0.241. The first kappa shape index (κ1) is 17.7. The molecular formula is C18H28O3. The third-order valence-corrected chi connectivity index (χ3v) is 3.47. The average molecular weight is 292 g/mol. The fraction of sp³-hybridized carbons (Fsp3) is 0.611. The fourth-order valence-electron chi connectivity index (χ4n) is 2.12. The van der Waals surface area contributed by atoms with Crippen molar-refractivity contribution in [1.29, 1.82) is 0 Å². The molecule has 3 nitrogen and oxygen atoms in total. The van der Waals surface area contributed by atoms with E-state index in [1.54, 1.807) is 0 Å². The van der Waals surface area contributed by atoms with Gasteiger partial charge < -0.3 is 0 Å². The highest BCUT2D eigenvalue weighted by atomic mass is 17.2. The van der Waals surface area contributed by atoms with E-state index in [0.717, 1.165) is 19.3 Å². The molecule has 0 saturated heterocycles. The topological polar surface area (TPSA) is 35.5 Å². The first-order valence-electron chi connectivity index (χ1n) is 8.20. The van der Waals surface area contributed by atoms with Crippen LogP contribution in [0.5, 0.6) is 0 Å². The molecule has 0 aliphatic rings. The normalized spacial score (nSPS) is 10.6. The highest BCUT2D eigenvalue weighted by molar-refractivity contribution is 5.88. The molecule has 0 heterocycles. The number of aryl methyl sites for hydroxylation is 1. The summed E-state index contributed by atoms with van der Waals surface area (Å²) in [6.45, 7) is 4.83. The molecule has 1 aromatic rings. The second-order valence-corrected chi connectivity index (χ2v) is 5.41. The Kier molecular flexibility index (Phi) is 9.55. The van der Waals surface area contributed by atoms with Crippen molar-refractivity contribution < 1.29 is 14.6 Å². The number of unbranched alkanes of at least 4 members (excludes halogenated alkanes) is 5. The monoisotopic (exact) mass is 292 g/mol. The first-order chi connectivity index (χ1) is 10.3. The van der Waals surface area contributed by atoms with E-state index in [-0.39, 0.29) is 0 Å². The van der Waals surface area contributed by atoms with Crippen LogP contribution in [0.15, 0.2) is 24.3 Å². The van der Waals surface area contributed by atoms with Gasteiger partial charge in [0, 0.05) is 0 Å². The van der Waals surface area contributed by atoms with Gasteiger partial charge in [-0.15, -0.1) is 0 Å². The van der Waals surface area contributed by atoms with Crippen LogP contribution in [0.1, 0.15) is 74.7 Å². The van der Waals surface area contributed by atoms with Crippen LogP contribution in [0.4, 0.5) is 0 Å². The molecule has 1 rings (SSSR count). The zero-order valence-corrected chi connectivity index (χ0v) is 13.4. The molecule has 0 bridgehead atoms. The summed E-state index contributed by atoms with van der Waals surface area (Å²) in [5.74, 6) is -0.411. The van der Waals surface area contributed by atoms with Crippen molar-refractivity contribution in [2.24, 2.45) is 0 Å². The Morgan fingerprint density at radius 2 is 1.57 bits per heavy atom. The Morgan fingerprint density at radius 3 is 2.24 bits per heavy atom. The minimum atomic E-state index is -0.411. The second-order valence-electron chi connectivity index (χ2n) is 5.41. The van der Waals surface area contributed by atoms with Gasteiger partial charge in [-0.3, -0.25) is 4.89 Å². The van der Waals surface area contributed by atoms with Gasteiger partial charge in [0.25, 0.3) is 0 Å². The van der Waals surface area contributed by atoms with Crippen molar-refractivity contribution in [2.75, 3.05) is 6.61 Å². The standard InChI is InChI=1S/C18H28O3/c1-3-5-7-9-15-20-21-18(19)17-13-11-16(12-14-17)10-8-6-4-2/h11-14H,3-10,15H2,1-2H3. The average Bonchev–Trinajstić information content (AvgIpc) is 2.51. The first-order valence-corrected chi connectivity index (χ1v) is 8.20. The number of hydrogen-bond acceptors (Lipinski definition) is 3. The molecule has 0 atom stereocenters. The van der Waals surface area contributed by atoms with Crippen LogP contribution in [0.3, 0.4) is 0 Å². The molecule has 1 aromatic carbocycles. The van der Waals surface area contributed by atoms with Gasteiger partial charge in [0.05, 0.1) is 12.2 Å². The summed E-state index contributed by atoms with van der Waals surface area (Å²) in [6, 6.07) is 7.61. The SMILES string of the molecule is CCCCCCOOC(=O)c1ccc(CCCCC)cc1. The molecule has 21 heavy (non-hydrogen) atoms. The summed E-state index contributed by atoms with van der Waals surface area (Å²) in [7, 11) is 0. The van der Waals surface area contributed by atoms with Gasteiger partial charge in [0.2, 0.25) is 0 Å². The Labute approximate surface area is 128 Å². The molecule has 0 unspecified atom stereocenters. The van der Waals surface area contributed by atoms with Gasteiger partial charge in [-0.25, -0.2) is 4.79 Å². The minimum absolute atomic E-state index is 0.411. The lowest BCUT2D eigenvalue weighted by Crippen LogP contribution is -2.07.